The molecule has 0 aromatic carbocycles. The van der Waals surface area contributed by atoms with Crippen LogP contribution in [0.4, 0.5) is 0 Å². The molecule has 2 heterocycles. The van der Waals surface area contributed by atoms with Gasteiger partial charge in [-0.25, -0.2) is 4.98 Å². The summed E-state index contributed by atoms with van der Waals surface area (Å²) >= 11 is 1.59. The maximum absolute atomic E-state index is 11.7. The highest BCUT2D eigenvalue weighted by Crippen LogP contribution is 2.15. The fraction of sp³-hybridized carbons (Fsp3) is 0.400. The average molecular weight is 224 g/mol. The number of pyridine rings is 1. The molecular weight excluding hydrogens is 212 g/mol. The number of hydrogen-bond acceptors (Lipinski definition) is 4. The number of carbonyl (C=O) groups is 1. The van der Waals surface area contributed by atoms with Crippen LogP contribution in [0, 0.1) is 0 Å². The summed E-state index contributed by atoms with van der Waals surface area (Å²) in [4.78, 5) is 18.4. The number of thioether (sulfide) groups is 1. The highest BCUT2D eigenvalue weighted by molar-refractivity contribution is 7.98. The second kappa shape index (κ2) is 4.20. The molecule has 1 aromatic heterocycles. The van der Waals surface area contributed by atoms with E-state index in [4.69, 9.17) is 5.11 Å². The Morgan fingerprint density at radius 2 is 2.33 bits per heavy atom. The summed E-state index contributed by atoms with van der Waals surface area (Å²) in [5, 5.41) is 9.08. The van der Waals surface area contributed by atoms with Crippen LogP contribution in [0.2, 0.25) is 0 Å². The van der Waals surface area contributed by atoms with Crippen LogP contribution in [-0.4, -0.2) is 46.3 Å². The number of carbonyl (C=O) groups excluding carboxylic acids is 1. The summed E-state index contributed by atoms with van der Waals surface area (Å²) in [7, 11) is 0. The standard InChI is InChI=1S/C10H12N2O2S/c1-15-8-2-3-9(11-4-8)10(14)12-5-7(13)6-12/h2-4,7,13H,5-6H2,1H3. The van der Waals surface area contributed by atoms with E-state index >= 15 is 0 Å². The molecule has 1 aliphatic rings. The van der Waals surface area contributed by atoms with Gasteiger partial charge in [-0.05, 0) is 18.4 Å². The Balaban J connectivity index is 2.06. The van der Waals surface area contributed by atoms with Gasteiger partial charge < -0.3 is 10.0 Å². The first-order valence-corrected chi connectivity index (χ1v) is 5.90. The van der Waals surface area contributed by atoms with Crippen molar-refractivity contribution in [3.05, 3.63) is 24.0 Å². The van der Waals surface area contributed by atoms with Gasteiger partial charge in [0.1, 0.15) is 5.69 Å². The highest BCUT2D eigenvalue weighted by atomic mass is 32.2. The van der Waals surface area contributed by atoms with Crippen LogP contribution in [0.1, 0.15) is 10.5 Å². The lowest BCUT2D eigenvalue weighted by atomic mass is 10.1. The van der Waals surface area contributed by atoms with Crippen LogP contribution >= 0.6 is 11.8 Å². The van der Waals surface area contributed by atoms with E-state index in [1.807, 2.05) is 12.3 Å². The summed E-state index contributed by atoms with van der Waals surface area (Å²) in [6, 6.07) is 3.60. The Labute approximate surface area is 92.3 Å². The molecule has 1 aliphatic heterocycles. The van der Waals surface area contributed by atoms with Crippen molar-refractivity contribution in [1.82, 2.24) is 9.88 Å². The minimum absolute atomic E-state index is 0.104. The van der Waals surface area contributed by atoms with E-state index in [1.165, 1.54) is 0 Å². The predicted octanol–water partition coefficient (Wildman–Crippen LogP) is 0.620. The van der Waals surface area contributed by atoms with Crippen LogP contribution in [0.25, 0.3) is 0 Å². The quantitative estimate of drug-likeness (QED) is 0.748. The monoisotopic (exact) mass is 224 g/mol. The lowest BCUT2D eigenvalue weighted by molar-refractivity contribution is 0.00550. The molecule has 1 aromatic rings. The summed E-state index contributed by atoms with van der Waals surface area (Å²) in [5.74, 6) is -0.104. The number of likely N-dealkylation sites (tertiary alicyclic amines) is 1. The van der Waals surface area contributed by atoms with E-state index in [-0.39, 0.29) is 12.0 Å². The van der Waals surface area contributed by atoms with Gasteiger partial charge in [0.25, 0.3) is 5.91 Å². The van der Waals surface area contributed by atoms with Gasteiger partial charge in [0.15, 0.2) is 0 Å². The second-order valence-electron chi connectivity index (χ2n) is 3.45. The van der Waals surface area contributed by atoms with Gasteiger partial charge in [0, 0.05) is 24.2 Å². The van der Waals surface area contributed by atoms with Gasteiger partial charge in [0.05, 0.1) is 6.10 Å². The van der Waals surface area contributed by atoms with Gasteiger partial charge in [-0.3, -0.25) is 4.79 Å². The molecule has 1 fully saturated rings. The van der Waals surface area contributed by atoms with Crippen molar-refractivity contribution >= 4 is 17.7 Å². The molecule has 0 aliphatic carbocycles. The van der Waals surface area contributed by atoms with Crippen molar-refractivity contribution in [2.75, 3.05) is 19.3 Å². The van der Waals surface area contributed by atoms with E-state index in [0.717, 1.165) is 4.90 Å². The Morgan fingerprint density at radius 1 is 1.60 bits per heavy atom. The number of amides is 1. The molecular formula is C10H12N2O2S. The normalized spacial score (nSPS) is 16.3. The molecule has 80 valence electrons. The molecule has 1 N–H and O–H groups in total. The second-order valence-corrected chi connectivity index (χ2v) is 4.33. The molecule has 0 radical (unpaired) electrons. The molecule has 15 heavy (non-hydrogen) atoms. The zero-order valence-electron chi connectivity index (χ0n) is 8.38. The van der Waals surface area contributed by atoms with Crippen molar-refractivity contribution in [2.24, 2.45) is 0 Å². The van der Waals surface area contributed by atoms with E-state index in [1.54, 1.807) is 28.9 Å². The maximum Gasteiger partial charge on any atom is 0.272 e. The predicted molar refractivity (Wildman–Crippen MR) is 57.9 cm³/mol. The van der Waals surface area contributed by atoms with Crippen LogP contribution in [0.3, 0.4) is 0 Å². The Bertz CT molecular complexity index is 360. The molecule has 5 heteroatoms. The third kappa shape index (κ3) is 2.13. The fourth-order valence-electron chi connectivity index (χ4n) is 1.41. The topological polar surface area (TPSA) is 53.4 Å². The van der Waals surface area contributed by atoms with E-state index in [2.05, 4.69) is 4.98 Å². The fourth-order valence-corrected chi connectivity index (χ4v) is 1.77. The van der Waals surface area contributed by atoms with Gasteiger partial charge in [-0.1, -0.05) is 0 Å². The number of β-amino-alcohol motifs (C(OH)–C–C–N with tert-alkyl or cyclic N) is 1. The molecule has 0 saturated carbocycles. The minimum Gasteiger partial charge on any atom is -0.389 e. The van der Waals surface area contributed by atoms with Crippen LogP contribution in [0.15, 0.2) is 23.2 Å². The van der Waals surface area contributed by atoms with Crippen molar-refractivity contribution in [1.29, 1.82) is 0 Å². The summed E-state index contributed by atoms with van der Waals surface area (Å²) < 4.78 is 0. The molecule has 0 unspecified atom stereocenters. The minimum atomic E-state index is -0.362. The Hall–Kier alpha value is -1.07. The smallest absolute Gasteiger partial charge is 0.272 e. The largest absolute Gasteiger partial charge is 0.389 e. The van der Waals surface area contributed by atoms with Gasteiger partial charge in [-0.2, -0.15) is 0 Å². The average Bonchev–Trinajstić information content (AvgIpc) is 2.24. The number of aliphatic hydroxyl groups is 1. The maximum atomic E-state index is 11.7. The number of nitrogens with zero attached hydrogens (tertiary/aromatic N) is 2. The van der Waals surface area contributed by atoms with E-state index in [9.17, 15) is 4.79 Å². The molecule has 1 amide bonds. The highest BCUT2D eigenvalue weighted by Gasteiger charge is 2.29. The molecule has 0 spiro atoms. The summed E-state index contributed by atoms with van der Waals surface area (Å²) in [6.45, 7) is 0.843. The first-order chi connectivity index (χ1) is 7.20. The van der Waals surface area contributed by atoms with Gasteiger partial charge in [0.2, 0.25) is 0 Å². The third-order valence-corrected chi connectivity index (χ3v) is 3.05. The zero-order valence-corrected chi connectivity index (χ0v) is 9.20. The SMILES string of the molecule is CSc1ccc(C(=O)N2CC(O)C2)nc1. The van der Waals surface area contributed by atoms with Crippen molar-refractivity contribution < 1.29 is 9.90 Å². The molecule has 0 bridgehead atoms. The zero-order chi connectivity index (χ0) is 10.8. The first-order valence-electron chi connectivity index (χ1n) is 4.68. The van der Waals surface area contributed by atoms with Crippen LogP contribution < -0.4 is 0 Å². The van der Waals surface area contributed by atoms with Gasteiger partial charge >= 0.3 is 0 Å². The van der Waals surface area contributed by atoms with Crippen molar-refractivity contribution in [2.45, 2.75) is 11.0 Å². The molecule has 1 saturated heterocycles. The van der Waals surface area contributed by atoms with E-state index in [0.29, 0.717) is 18.8 Å². The van der Waals surface area contributed by atoms with Crippen molar-refractivity contribution in [3.8, 4) is 0 Å². The lowest BCUT2D eigenvalue weighted by Gasteiger charge is -2.35. The number of hydrogen-bond donors (Lipinski definition) is 1. The number of aromatic nitrogens is 1. The molecule has 0 atom stereocenters. The van der Waals surface area contributed by atoms with Gasteiger partial charge in [-0.15, -0.1) is 11.8 Å². The first kappa shape index (κ1) is 10.4. The Kier molecular flexibility index (Phi) is 2.93. The van der Waals surface area contributed by atoms with Crippen LogP contribution in [0.5, 0.6) is 0 Å². The Morgan fingerprint density at radius 3 is 2.80 bits per heavy atom. The number of aliphatic hydroxyl groups excluding tert-OH is 1. The van der Waals surface area contributed by atoms with Crippen LogP contribution in [-0.2, 0) is 0 Å². The third-order valence-electron chi connectivity index (χ3n) is 2.34. The lowest BCUT2D eigenvalue weighted by Crippen LogP contribution is -2.53. The van der Waals surface area contributed by atoms with E-state index < -0.39 is 0 Å². The molecule has 2 rings (SSSR count). The number of rotatable bonds is 2. The van der Waals surface area contributed by atoms with Crippen molar-refractivity contribution in [3.63, 3.8) is 0 Å². The summed E-state index contributed by atoms with van der Waals surface area (Å²) in [5.41, 5.74) is 0.444. The summed E-state index contributed by atoms with van der Waals surface area (Å²) in [6.07, 6.45) is 3.29. The molecule has 4 nitrogen and oxygen atoms in total.